The molecule has 0 aromatic rings. The molecular weight excluding hydrogens is 843 g/mol. The largest absolute Gasteiger partial charge is 0.472 e. The molecule has 0 saturated heterocycles. The first-order valence-electron chi connectivity index (χ1n) is 23.1. The number of carbonyl (C=O) groups excluding carboxylic acids is 2. The Kier molecular flexibility index (Phi) is 34.8. The molecule has 4 unspecified atom stereocenters. The lowest BCUT2D eigenvalue weighted by atomic mass is 9.85. The zero-order chi connectivity index (χ0) is 47.3. The highest BCUT2D eigenvalue weighted by atomic mass is 31.2. The Labute approximate surface area is 382 Å². The molecular formula is C49H79O14P. The van der Waals surface area contributed by atoms with E-state index in [2.05, 4.69) is 50.3 Å². The molecule has 1 fully saturated rings. The van der Waals surface area contributed by atoms with E-state index >= 15 is 0 Å². The second kappa shape index (κ2) is 37.9. The lowest BCUT2D eigenvalue weighted by molar-refractivity contribution is -0.220. The lowest BCUT2D eigenvalue weighted by Gasteiger charge is -2.41. The average molecular weight is 923 g/mol. The normalized spacial score (nSPS) is 23.0. The van der Waals surface area contributed by atoms with Crippen molar-refractivity contribution in [3.8, 4) is 0 Å². The van der Waals surface area contributed by atoms with Crippen molar-refractivity contribution in [1.82, 2.24) is 0 Å². The quantitative estimate of drug-likeness (QED) is 0.0104. The molecule has 9 atom stereocenters. The first-order chi connectivity index (χ1) is 30.8. The maximum absolute atomic E-state index is 12.8. The van der Waals surface area contributed by atoms with Crippen molar-refractivity contribution >= 4 is 19.8 Å². The van der Waals surface area contributed by atoms with Crippen molar-refractivity contribution in [2.45, 2.75) is 185 Å². The number of carbonyl (C=O) groups is 2. The molecule has 1 aliphatic rings. The summed E-state index contributed by atoms with van der Waals surface area (Å²) < 4.78 is 33.4. The van der Waals surface area contributed by atoms with Crippen LogP contribution in [0.1, 0.15) is 136 Å². The second-order valence-electron chi connectivity index (χ2n) is 15.7. The minimum Gasteiger partial charge on any atom is -0.462 e. The summed E-state index contributed by atoms with van der Waals surface area (Å²) in [5.41, 5.74) is 0. The van der Waals surface area contributed by atoms with E-state index in [1.54, 1.807) is 12.2 Å². The van der Waals surface area contributed by atoms with E-state index in [4.69, 9.17) is 18.5 Å². The van der Waals surface area contributed by atoms with Gasteiger partial charge in [-0.2, -0.15) is 0 Å². The number of hydrogen-bond acceptors (Lipinski definition) is 13. The maximum Gasteiger partial charge on any atom is 0.472 e. The van der Waals surface area contributed by atoms with Gasteiger partial charge in [0.15, 0.2) is 6.10 Å². The molecule has 0 amide bonds. The molecule has 364 valence electrons. The minimum atomic E-state index is -5.16. The molecule has 1 rings (SSSR count). The van der Waals surface area contributed by atoms with Gasteiger partial charge < -0.3 is 45.0 Å². The number of ether oxygens (including phenoxy) is 2. The lowest BCUT2D eigenvalue weighted by Crippen LogP contribution is -2.64. The fraction of sp³-hybridized carbons (Fsp3) is 0.633. The molecule has 64 heavy (non-hydrogen) atoms. The van der Waals surface area contributed by atoms with Crippen LogP contribution in [0.15, 0.2) is 97.2 Å². The van der Waals surface area contributed by atoms with Crippen LogP contribution in [0.2, 0.25) is 0 Å². The molecule has 1 saturated carbocycles. The zero-order valence-corrected chi connectivity index (χ0v) is 39.0. The number of phosphoric acid groups is 1. The highest BCUT2D eigenvalue weighted by Crippen LogP contribution is 2.47. The Morgan fingerprint density at radius 1 is 0.578 bits per heavy atom. The number of unbranched alkanes of at least 4 members (excludes halogenated alkanes) is 8. The van der Waals surface area contributed by atoms with Crippen LogP contribution in [0.3, 0.4) is 0 Å². The standard InChI is InChI=1S/C49H79O14P/c1-3-5-7-9-11-12-13-14-15-16-17-21-24-28-32-36-42(51)60-38-41(39-61-64(58,59)63-49-47(56)45(54)44(53)46(55)48(49)57)62-43(52)37-33-29-25-22-19-18-20-23-27-31-35-40(50)34-30-26-10-8-6-4-2/h6,8,11-12,14-15,18-19,23,25-27,29-31,35,40-41,44-50,53-57H,3-5,7,9-10,13,16-17,20-22,24,28,32-34,36-39H2,1-2H3,(H,58,59)/b8-6-,12-11-,15-14-,19-18-,27-23-,29-25-,30-26-,35-31+/t40?,41-,44?,45-,46+,47-,48-,49?/m1/s1. The van der Waals surface area contributed by atoms with Gasteiger partial charge in [0.05, 0.1) is 12.7 Å². The van der Waals surface area contributed by atoms with Crippen molar-refractivity contribution < 1.29 is 68.2 Å². The van der Waals surface area contributed by atoms with E-state index in [0.29, 0.717) is 32.1 Å². The van der Waals surface area contributed by atoms with Crippen LogP contribution in [-0.4, -0.2) is 110 Å². The molecule has 14 nitrogen and oxygen atoms in total. The minimum absolute atomic E-state index is 0.0604. The summed E-state index contributed by atoms with van der Waals surface area (Å²) in [7, 11) is -5.16. The number of aliphatic hydroxyl groups excluding tert-OH is 6. The predicted octanol–water partition coefficient (Wildman–Crippen LogP) is 8.02. The summed E-state index contributed by atoms with van der Waals surface area (Å²) in [6, 6.07) is 0. The Hall–Kier alpha value is -3.27. The third-order valence-corrected chi connectivity index (χ3v) is 11.0. The summed E-state index contributed by atoms with van der Waals surface area (Å²) in [4.78, 5) is 35.7. The van der Waals surface area contributed by atoms with Gasteiger partial charge in [0, 0.05) is 12.8 Å². The van der Waals surface area contributed by atoms with E-state index in [-0.39, 0.29) is 12.8 Å². The summed E-state index contributed by atoms with van der Waals surface area (Å²) in [5, 5.41) is 60.2. The van der Waals surface area contributed by atoms with Crippen LogP contribution in [0, 0.1) is 0 Å². The molecule has 7 N–H and O–H groups in total. The summed E-state index contributed by atoms with van der Waals surface area (Å²) in [5.74, 6) is -1.25. The molecule has 0 heterocycles. The van der Waals surface area contributed by atoms with Gasteiger partial charge in [0.2, 0.25) is 0 Å². The van der Waals surface area contributed by atoms with Gasteiger partial charge in [-0.3, -0.25) is 18.6 Å². The Balaban J connectivity index is 2.57. The Bertz CT molecular complexity index is 1500. The van der Waals surface area contributed by atoms with Crippen molar-refractivity contribution in [3.05, 3.63) is 97.2 Å². The highest BCUT2D eigenvalue weighted by Gasteiger charge is 2.51. The summed E-state index contributed by atoms with van der Waals surface area (Å²) in [6.07, 6.45) is 33.5. The second-order valence-corrected chi connectivity index (χ2v) is 17.1. The van der Waals surface area contributed by atoms with Crippen molar-refractivity contribution in [2.75, 3.05) is 13.2 Å². The van der Waals surface area contributed by atoms with Crippen LogP contribution >= 0.6 is 7.82 Å². The molecule has 0 aromatic heterocycles. The van der Waals surface area contributed by atoms with Crippen LogP contribution in [0.25, 0.3) is 0 Å². The van der Waals surface area contributed by atoms with Gasteiger partial charge in [-0.1, -0.05) is 143 Å². The van der Waals surface area contributed by atoms with Gasteiger partial charge in [-0.25, -0.2) is 4.57 Å². The fourth-order valence-electron chi connectivity index (χ4n) is 6.25. The molecule has 0 radical (unpaired) electrons. The highest BCUT2D eigenvalue weighted by molar-refractivity contribution is 7.47. The molecule has 0 aliphatic heterocycles. The molecule has 15 heteroatoms. The van der Waals surface area contributed by atoms with E-state index < -0.39 is 81.8 Å². The van der Waals surface area contributed by atoms with E-state index in [0.717, 1.165) is 57.8 Å². The number of rotatable bonds is 36. The number of phosphoric ester groups is 1. The van der Waals surface area contributed by atoms with Crippen molar-refractivity contribution in [1.29, 1.82) is 0 Å². The molecule has 1 aliphatic carbocycles. The molecule has 0 bridgehead atoms. The Morgan fingerprint density at radius 2 is 1.11 bits per heavy atom. The van der Waals surface area contributed by atoms with Gasteiger partial charge >= 0.3 is 19.8 Å². The van der Waals surface area contributed by atoms with E-state index in [1.807, 2.05) is 48.6 Å². The maximum atomic E-state index is 12.8. The monoisotopic (exact) mass is 923 g/mol. The number of hydrogen-bond donors (Lipinski definition) is 7. The first-order valence-corrected chi connectivity index (χ1v) is 24.6. The van der Waals surface area contributed by atoms with Crippen LogP contribution in [0.5, 0.6) is 0 Å². The Morgan fingerprint density at radius 3 is 1.75 bits per heavy atom. The van der Waals surface area contributed by atoms with Crippen LogP contribution in [-0.2, 0) is 32.7 Å². The van der Waals surface area contributed by atoms with Gasteiger partial charge in [0.1, 0.15) is 43.2 Å². The third kappa shape index (κ3) is 30.0. The number of allylic oxidation sites excluding steroid dienone is 14. The SMILES string of the molecule is CC/C=C\C/C=C\CC(O)/C=C/C=C\C/C=C\C/C=C\CCC(=O)O[C@H](COC(=O)CCCCCCC/C=C\C/C=C\CCCCC)COP(=O)(O)OC1[C@H](O)[C@H](O)C(O)[C@H](O)[C@H]1O. The molecule has 0 spiro atoms. The summed E-state index contributed by atoms with van der Waals surface area (Å²) >= 11 is 0. The number of aliphatic hydroxyl groups is 6. The van der Waals surface area contributed by atoms with Crippen LogP contribution in [0.4, 0.5) is 0 Å². The first kappa shape index (κ1) is 58.7. The third-order valence-electron chi connectivity index (χ3n) is 10.0. The topological polar surface area (TPSA) is 230 Å². The van der Waals surface area contributed by atoms with E-state index in [1.165, 1.54) is 19.3 Å². The van der Waals surface area contributed by atoms with Crippen LogP contribution < -0.4 is 0 Å². The van der Waals surface area contributed by atoms with Gasteiger partial charge in [-0.05, 0) is 77.0 Å². The average Bonchev–Trinajstić information content (AvgIpc) is 3.27. The van der Waals surface area contributed by atoms with Crippen molar-refractivity contribution in [3.63, 3.8) is 0 Å². The predicted molar refractivity (Wildman–Crippen MR) is 250 cm³/mol. The van der Waals surface area contributed by atoms with Crippen molar-refractivity contribution in [2.24, 2.45) is 0 Å². The van der Waals surface area contributed by atoms with E-state index in [9.17, 15) is 49.7 Å². The smallest absolute Gasteiger partial charge is 0.462 e. The number of esters is 2. The van der Waals surface area contributed by atoms with Gasteiger partial charge in [0.25, 0.3) is 0 Å². The zero-order valence-electron chi connectivity index (χ0n) is 38.1. The summed E-state index contributed by atoms with van der Waals surface area (Å²) in [6.45, 7) is 3.00. The van der Waals surface area contributed by atoms with Gasteiger partial charge in [-0.15, -0.1) is 0 Å². The fourth-order valence-corrected chi connectivity index (χ4v) is 7.22. The molecule has 0 aromatic carbocycles.